The van der Waals surface area contributed by atoms with E-state index in [9.17, 15) is 20.1 Å². The molecule has 1 aliphatic rings. The maximum absolute atomic E-state index is 11.1. The lowest BCUT2D eigenvalue weighted by Gasteiger charge is -2.40. The van der Waals surface area contributed by atoms with Gasteiger partial charge in [-0.25, -0.2) is 0 Å². The highest BCUT2D eigenvalue weighted by atomic mass is 16.7. The van der Waals surface area contributed by atoms with Crippen LogP contribution in [0.5, 0.6) is 0 Å². The Balaban J connectivity index is 2.63. The average Bonchev–Trinajstić information content (AvgIpc) is 2.41. The van der Waals surface area contributed by atoms with Crippen molar-refractivity contribution in [2.24, 2.45) is 11.7 Å². The Morgan fingerprint density at radius 3 is 2.50 bits per heavy atom. The number of primary amides is 1. The lowest BCUT2D eigenvalue weighted by atomic mass is 9.92. The second kappa shape index (κ2) is 7.90. The summed E-state index contributed by atoms with van der Waals surface area (Å²) in [6.07, 6.45) is -3.90. The Hall–Kier alpha value is -0.730. The van der Waals surface area contributed by atoms with Gasteiger partial charge in [0.05, 0.1) is 6.10 Å². The van der Waals surface area contributed by atoms with E-state index in [1.54, 1.807) is 6.92 Å². The molecule has 0 aromatic carbocycles. The van der Waals surface area contributed by atoms with Gasteiger partial charge in [-0.3, -0.25) is 4.79 Å². The number of unbranched alkanes of at least 4 members (excludes halogenated alkanes) is 1. The fourth-order valence-electron chi connectivity index (χ4n) is 2.06. The molecule has 1 rings (SSSR count). The highest BCUT2D eigenvalue weighted by Gasteiger charge is 2.44. The first kappa shape index (κ1) is 17.3. The van der Waals surface area contributed by atoms with Gasteiger partial charge in [-0.2, -0.15) is 0 Å². The molecule has 20 heavy (non-hydrogen) atoms. The number of carbonyl (C=O) groups is 1. The van der Waals surface area contributed by atoms with Gasteiger partial charge in [-0.15, -0.1) is 0 Å². The molecule has 7 nitrogen and oxygen atoms in total. The van der Waals surface area contributed by atoms with E-state index in [0.29, 0.717) is 6.61 Å². The summed E-state index contributed by atoms with van der Waals surface area (Å²) in [5.74, 6) is -1.02. The lowest BCUT2D eigenvalue weighted by molar-refractivity contribution is -0.298. The van der Waals surface area contributed by atoms with Crippen LogP contribution in [0.3, 0.4) is 0 Å². The summed E-state index contributed by atoms with van der Waals surface area (Å²) in [6, 6.07) is 0. The summed E-state index contributed by atoms with van der Waals surface area (Å²) < 4.78 is 10.8. The van der Waals surface area contributed by atoms with Crippen molar-refractivity contribution in [3.8, 4) is 0 Å². The molecule has 0 saturated carbocycles. The van der Waals surface area contributed by atoms with Crippen LogP contribution in [-0.4, -0.2) is 58.5 Å². The third kappa shape index (κ3) is 4.39. The minimum Gasteiger partial charge on any atom is -0.388 e. The van der Waals surface area contributed by atoms with Crippen molar-refractivity contribution in [3.05, 3.63) is 0 Å². The number of rotatable bonds is 7. The van der Waals surface area contributed by atoms with Gasteiger partial charge in [0.15, 0.2) is 6.29 Å². The van der Waals surface area contributed by atoms with E-state index < -0.39 is 42.5 Å². The van der Waals surface area contributed by atoms with E-state index in [0.717, 1.165) is 12.8 Å². The molecule has 0 spiro atoms. The molecule has 0 aromatic heterocycles. The predicted molar refractivity (Wildman–Crippen MR) is 70.5 cm³/mol. The Morgan fingerprint density at radius 1 is 1.30 bits per heavy atom. The molecule has 1 saturated heterocycles. The van der Waals surface area contributed by atoms with Crippen LogP contribution < -0.4 is 5.73 Å². The molecule has 6 unspecified atom stereocenters. The quantitative estimate of drug-likeness (QED) is 0.452. The monoisotopic (exact) mass is 291 g/mol. The van der Waals surface area contributed by atoms with Crippen LogP contribution in [0.15, 0.2) is 0 Å². The largest absolute Gasteiger partial charge is 0.388 e. The SMILES string of the molecule is CCCCOC1OC(CC(C)C(N)=O)C(O)C(O)C1O. The van der Waals surface area contributed by atoms with E-state index in [2.05, 4.69) is 0 Å². The van der Waals surface area contributed by atoms with E-state index >= 15 is 0 Å². The number of amides is 1. The van der Waals surface area contributed by atoms with Gasteiger partial charge in [-0.1, -0.05) is 20.3 Å². The normalized spacial score (nSPS) is 35.8. The van der Waals surface area contributed by atoms with Crippen molar-refractivity contribution in [2.75, 3.05) is 6.61 Å². The zero-order valence-corrected chi connectivity index (χ0v) is 11.9. The molecule has 7 heteroatoms. The van der Waals surface area contributed by atoms with E-state index in [-0.39, 0.29) is 6.42 Å². The minimum absolute atomic E-state index is 0.161. The highest BCUT2D eigenvalue weighted by Crippen LogP contribution is 2.26. The fraction of sp³-hybridized carbons (Fsp3) is 0.923. The second-order valence-electron chi connectivity index (χ2n) is 5.28. The molecule has 1 heterocycles. The van der Waals surface area contributed by atoms with Crippen LogP contribution in [0.25, 0.3) is 0 Å². The molecule has 1 fully saturated rings. The summed E-state index contributed by atoms with van der Waals surface area (Å²) in [5, 5.41) is 29.5. The minimum atomic E-state index is -1.37. The molecule has 0 aromatic rings. The zero-order chi connectivity index (χ0) is 15.3. The molecular formula is C13H25NO6. The van der Waals surface area contributed by atoms with Crippen molar-refractivity contribution in [1.82, 2.24) is 0 Å². The molecule has 118 valence electrons. The van der Waals surface area contributed by atoms with E-state index in [1.807, 2.05) is 6.92 Å². The second-order valence-corrected chi connectivity index (χ2v) is 5.28. The predicted octanol–water partition coefficient (Wildman–Crippen LogP) is -0.878. The molecular weight excluding hydrogens is 266 g/mol. The van der Waals surface area contributed by atoms with Crippen molar-refractivity contribution in [2.45, 2.75) is 63.8 Å². The first-order valence-electron chi connectivity index (χ1n) is 6.99. The summed E-state index contributed by atoms with van der Waals surface area (Å²) in [6.45, 7) is 4.00. The maximum Gasteiger partial charge on any atom is 0.220 e. The highest BCUT2D eigenvalue weighted by molar-refractivity contribution is 5.76. The Labute approximate surface area is 118 Å². The molecule has 5 N–H and O–H groups in total. The first-order chi connectivity index (χ1) is 9.38. The number of hydrogen-bond donors (Lipinski definition) is 4. The third-order valence-corrected chi connectivity index (χ3v) is 3.52. The van der Waals surface area contributed by atoms with Crippen LogP contribution in [0, 0.1) is 5.92 Å². The average molecular weight is 291 g/mol. The van der Waals surface area contributed by atoms with Gasteiger partial charge < -0.3 is 30.5 Å². The van der Waals surface area contributed by atoms with Gasteiger partial charge in [0.25, 0.3) is 0 Å². The van der Waals surface area contributed by atoms with Crippen molar-refractivity contribution in [1.29, 1.82) is 0 Å². The summed E-state index contributed by atoms with van der Waals surface area (Å²) in [5.41, 5.74) is 5.17. The number of carbonyl (C=O) groups excluding carboxylic acids is 1. The fourth-order valence-corrected chi connectivity index (χ4v) is 2.06. The van der Waals surface area contributed by atoms with Crippen LogP contribution in [0.1, 0.15) is 33.1 Å². The van der Waals surface area contributed by atoms with Crippen LogP contribution in [-0.2, 0) is 14.3 Å². The zero-order valence-electron chi connectivity index (χ0n) is 11.9. The van der Waals surface area contributed by atoms with Crippen LogP contribution >= 0.6 is 0 Å². The Kier molecular flexibility index (Phi) is 6.84. The lowest BCUT2D eigenvalue weighted by Crippen LogP contribution is -2.58. The molecule has 6 atom stereocenters. The van der Waals surface area contributed by atoms with Crippen LogP contribution in [0.2, 0.25) is 0 Å². The van der Waals surface area contributed by atoms with Crippen LogP contribution in [0.4, 0.5) is 0 Å². The summed E-state index contributed by atoms with van der Waals surface area (Å²) in [4.78, 5) is 11.1. The molecule has 0 aliphatic carbocycles. The van der Waals surface area contributed by atoms with Crippen molar-refractivity contribution >= 4 is 5.91 Å². The molecule has 0 bridgehead atoms. The smallest absolute Gasteiger partial charge is 0.220 e. The topological polar surface area (TPSA) is 122 Å². The third-order valence-electron chi connectivity index (χ3n) is 3.52. The van der Waals surface area contributed by atoms with E-state index in [4.69, 9.17) is 15.2 Å². The van der Waals surface area contributed by atoms with Crippen molar-refractivity contribution < 1.29 is 29.6 Å². The Bertz CT molecular complexity index is 313. The van der Waals surface area contributed by atoms with Gasteiger partial charge in [0.1, 0.15) is 18.3 Å². The van der Waals surface area contributed by atoms with Gasteiger partial charge in [-0.05, 0) is 12.8 Å². The number of nitrogens with two attached hydrogens (primary N) is 1. The summed E-state index contributed by atoms with van der Waals surface area (Å²) in [7, 11) is 0. The molecule has 1 amide bonds. The standard InChI is InChI=1S/C13H25NO6/c1-3-4-5-19-13-11(17)10(16)9(15)8(20-13)6-7(2)12(14)18/h7-11,13,15-17H,3-6H2,1-2H3,(H2,14,18). The van der Waals surface area contributed by atoms with Gasteiger partial charge >= 0.3 is 0 Å². The van der Waals surface area contributed by atoms with Crippen molar-refractivity contribution in [3.63, 3.8) is 0 Å². The number of hydrogen-bond acceptors (Lipinski definition) is 6. The van der Waals surface area contributed by atoms with Gasteiger partial charge in [0, 0.05) is 12.5 Å². The molecule has 0 radical (unpaired) electrons. The maximum atomic E-state index is 11.1. The van der Waals surface area contributed by atoms with E-state index in [1.165, 1.54) is 0 Å². The Morgan fingerprint density at radius 2 is 1.95 bits per heavy atom. The number of aliphatic hydroxyl groups is 3. The number of ether oxygens (including phenoxy) is 2. The summed E-state index contributed by atoms with van der Waals surface area (Å²) >= 11 is 0. The molecule has 1 aliphatic heterocycles. The number of aliphatic hydroxyl groups excluding tert-OH is 3. The van der Waals surface area contributed by atoms with Gasteiger partial charge in [0.2, 0.25) is 5.91 Å². The first-order valence-corrected chi connectivity index (χ1v) is 6.99.